The number of amides is 1. The van der Waals surface area contributed by atoms with Gasteiger partial charge in [-0.05, 0) is 124 Å². The van der Waals surface area contributed by atoms with Crippen LogP contribution in [0.25, 0.3) is 0 Å². The van der Waals surface area contributed by atoms with Gasteiger partial charge in [0.1, 0.15) is 11.4 Å². The second-order valence-electron chi connectivity index (χ2n) is 14.4. The van der Waals surface area contributed by atoms with Crippen LogP contribution in [-0.4, -0.2) is 56.3 Å². The van der Waals surface area contributed by atoms with Crippen LogP contribution in [0.2, 0.25) is 5.02 Å². The van der Waals surface area contributed by atoms with Gasteiger partial charge in [-0.1, -0.05) is 24.6 Å². The lowest BCUT2D eigenvalue weighted by atomic mass is 9.62. The van der Waals surface area contributed by atoms with Crippen LogP contribution in [0, 0.1) is 17.8 Å². The average Bonchev–Trinajstić information content (AvgIpc) is 3.22. The molecule has 4 aliphatic rings. The maximum absolute atomic E-state index is 13.6. The summed E-state index contributed by atoms with van der Waals surface area (Å²) in [5.74, 6) is 0.985. The number of sulfonamides is 1. The van der Waals surface area contributed by atoms with Crippen LogP contribution in [0.1, 0.15) is 86.1 Å². The fraction of sp³-hybridized carbons (Fsp3) is 0.541. The van der Waals surface area contributed by atoms with E-state index in [4.69, 9.17) is 31.0 Å². The number of hydrogen-bond donors (Lipinski definition) is 1. The minimum atomic E-state index is -3.94. The molecular formula is C37H45ClN4O5S. The Kier molecular flexibility index (Phi) is 8.96. The molecule has 9 nitrogen and oxygen atoms in total. The van der Waals surface area contributed by atoms with Crippen LogP contribution in [0.5, 0.6) is 5.75 Å². The molecule has 2 bridgehead atoms. The van der Waals surface area contributed by atoms with Gasteiger partial charge in [0.15, 0.2) is 5.82 Å². The maximum Gasteiger partial charge on any atom is 0.264 e. The molecule has 3 aromatic rings. The zero-order chi connectivity index (χ0) is 33.7. The van der Waals surface area contributed by atoms with E-state index in [0.717, 1.165) is 55.8 Å². The highest BCUT2D eigenvalue weighted by molar-refractivity contribution is 7.90. The Morgan fingerprint density at radius 2 is 1.85 bits per heavy atom. The molecule has 1 fully saturated rings. The summed E-state index contributed by atoms with van der Waals surface area (Å²) >= 11 is 6.46. The standard InChI is InChI=1S/C37H45ClN4O5S/c1-24-7-4-16-37(46-3,35-39-17-6-18-40-35)31-12-9-28(31)21-42-22-36(15-5-8-26-19-29(38)11-13-30(26)36)23-47-33-14-10-27(20-32(33)42)34(43)41-48(44,45)25(24)2/h6,10-11,13-14,17-20,24-25,28,31H,4-5,7-9,12,15-16,21-23H2,1-3H3,(H,41,43)/t24-,25+,28-,31+,36-,37-/m0/s1. The van der Waals surface area contributed by atoms with Crippen molar-refractivity contribution in [3.05, 3.63) is 82.4 Å². The number of aromatic nitrogens is 2. The molecule has 1 spiro atoms. The topological polar surface area (TPSA) is 111 Å². The second kappa shape index (κ2) is 12.9. The van der Waals surface area contributed by atoms with E-state index in [9.17, 15) is 13.2 Å². The largest absolute Gasteiger partial charge is 0.490 e. The quantitative estimate of drug-likeness (QED) is 0.327. The van der Waals surface area contributed by atoms with E-state index in [1.807, 2.05) is 31.2 Å². The number of aryl methyl sites for hydroxylation is 1. The van der Waals surface area contributed by atoms with Crippen molar-refractivity contribution in [3.8, 4) is 5.75 Å². The minimum absolute atomic E-state index is 0.154. The summed E-state index contributed by atoms with van der Waals surface area (Å²) in [5, 5.41) is -0.0320. The molecule has 0 radical (unpaired) electrons. The first-order valence-electron chi connectivity index (χ1n) is 17.2. The van der Waals surface area contributed by atoms with Gasteiger partial charge in [-0.25, -0.2) is 23.1 Å². The van der Waals surface area contributed by atoms with Crippen LogP contribution in [0.15, 0.2) is 54.9 Å². The van der Waals surface area contributed by atoms with E-state index in [1.165, 1.54) is 11.1 Å². The van der Waals surface area contributed by atoms with Gasteiger partial charge in [0.2, 0.25) is 10.0 Å². The normalized spacial score (nSPS) is 31.8. The molecule has 1 saturated carbocycles. The first-order valence-corrected chi connectivity index (χ1v) is 19.2. The van der Waals surface area contributed by atoms with Gasteiger partial charge in [0.05, 0.1) is 17.5 Å². The summed E-state index contributed by atoms with van der Waals surface area (Å²) in [6, 6.07) is 13.3. The van der Waals surface area contributed by atoms with Crippen molar-refractivity contribution in [2.24, 2.45) is 17.8 Å². The van der Waals surface area contributed by atoms with E-state index in [0.29, 0.717) is 43.1 Å². The summed E-state index contributed by atoms with van der Waals surface area (Å²) in [4.78, 5) is 25.4. The number of hydrogen-bond acceptors (Lipinski definition) is 8. The Balaban J connectivity index is 1.34. The van der Waals surface area contributed by atoms with Gasteiger partial charge in [0, 0.05) is 48.6 Å². The molecule has 0 saturated heterocycles. The zero-order valence-corrected chi connectivity index (χ0v) is 29.5. The van der Waals surface area contributed by atoms with Gasteiger partial charge in [-0.2, -0.15) is 0 Å². The van der Waals surface area contributed by atoms with Crippen LogP contribution in [-0.2, 0) is 32.2 Å². The number of rotatable bonds is 2. The number of nitrogens with one attached hydrogen (secondary N) is 1. The van der Waals surface area contributed by atoms with E-state index < -0.39 is 26.8 Å². The third kappa shape index (κ3) is 5.87. The first-order chi connectivity index (χ1) is 23.0. The lowest BCUT2D eigenvalue weighted by molar-refractivity contribution is -0.128. The Labute approximate surface area is 288 Å². The van der Waals surface area contributed by atoms with E-state index >= 15 is 0 Å². The monoisotopic (exact) mass is 692 g/mol. The van der Waals surface area contributed by atoms with Gasteiger partial charge in [-0.3, -0.25) is 4.79 Å². The zero-order valence-electron chi connectivity index (χ0n) is 28.0. The molecule has 11 heteroatoms. The smallest absolute Gasteiger partial charge is 0.264 e. The first kappa shape index (κ1) is 33.3. The molecule has 256 valence electrons. The average molecular weight is 693 g/mol. The van der Waals surface area contributed by atoms with E-state index in [1.54, 1.807) is 32.5 Å². The lowest BCUT2D eigenvalue weighted by Gasteiger charge is -2.51. The van der Waals surface area contributed by atoms with Crippen molar-refractivity contribution in [2.45, 2.75) is 81.5 Å². The number of anilines is 1. The third-order valence-corrected chi connectivity index (χ3v) is 14.0. The molecule has 3 heterocycles. The van der Waals surface area contributed by atoms with Crippen molar-refractivity contribution >= 4 is 33.2 Å². The van der Waals surface area contributed by atoms with Gasteiger partial charge >= 0.3 is 0 Å². The fourth-order valence-electron chi connectivity index (χ4n) is 8.77. The number of methoxy groups -OCH3 is 1. The molecule has 2 aliphatic carbocycles. The molecule has 2 aromatic carbocycles. The van der Waals surface area contributed by atoms with Gasteiger partial charge in [0.25, 0.3) is 5.91 Å². The number of halogens is 1. The molecule has 48 heavy (non-hydrogen) atoms. The Morgan fingerprint density at radius 1 is 1.04 bits per heavy atom. The van der Waals surface area contributed by atoms with Crippen molar-refractivity contribution in [3.63, 3.8) is 0 Å². The Hall–Kier alpha value is -3.21. The summed E-state index contributed by atoms with van der Waals surface area (Å²) in [7, 11) is -2.18. The third-order valence-electron chi connectivity index (χ3n) is 11.8. The summed E-state index contributed by atoms with van der Waals surface area (Å²) < 4.78 is 42.5. The Morgan fingerprint density at radius 3 is 2.60 bits per heavy atom. The van der Waals surface area contributed by atoms with Gasteiger partial charge < -0.3 is 14.4 Å². The van der Waals surface area contributed by atoms with Crippen LogP contribution in [0.4, 0.5) is 5.69 Å². The molecule has 7 rings (SSSR count). The fourth-order valence-corrected chi connectivity index (χ4v) is 10.3. The lowest BCUT2D eigenvalue weighted by Crippen LogP contribution is -2.53. The molecule has 1 aromatic heterocycles. The number of benzene rings is 2. The summed E-state index contributed by atoms with van der Waals surface area (Å²) in [6.07, 6.45) is 10.6. The maximum atomic E-state index is 13.6. The minimum Gasteiger partial charge on any atom is -0.490 e. The molecular weight excluding hydrogens is 648 g/mol. The number of nitrogens with zero attached hydrogens (tertiary/aromatic N) is 3. The van der Waals surface area contributed by atoms with E-state index in [-0.39, 0.29) is 23.2 Å². The van der Waals surface area contributed by atoms with E-state index in [2.05, 4.69) is 21.8 Å². The highest BCUT2D eigenvalue weighted by Crippen LogP contribution is 2.52. The predicted octanol–water partition coefficient (Wildman–Crippen LogP) is 6.44. The molecule has 1 N–H and O–H groups in total. The highest BCUT2D eigenvalue weighted by Gasteiger charge is 2.52. The van der Waals surface area contributed by atoms with Crippen LogP contribution in [0.3, 0.4) is 0 Å². The predicted molar refractivity (Wildman–Crippen MR) is 186 cm³/mol. The molecule has 6 atom stereocenters. The molecule has 1 amide bonds. The van der Waals surface area contributed by atoms with Crippen molar-refractivity contribution in [2.75, 3.05) is 31.7 Å². The number of carbonyl (C=O) groups is 1. The van der Waals surface area contributed by atoms with Gasteiger partial charge in [-0.15, -0.1) is 0 Å². The number of carbonyl (C=O) groups excluding carboxylic acids is 1. The molecule has 0 unspecified atom stereocenters. The summed E-state index contributed by atoms with van der Waals surface area (Å²) in [6.45, 7) is 5.52. The number of fused-ring (bicyclic) bond motifs is 4. The van der Waals surface area contributed by atoms with Crippen LogP contribution >= 0.6 is 11.6 Å². The number of ether oxygens (including phenoxy) is 2. The molecule has 2 aliphatic heterocycles. The summed E-state index contributed by atoms with van der Waals surface area (Å²) in [5.41, 5.74) is 2.62. The van der Waals surface area contributed by atoms with Crippen molar-refractivity contribution in [1.29, 1.82) is 0 Å². The highest BCUT2D eigenvalue weighted by atomic mass is 35.5. The Bertz CT molecular complexity index is 1790. The van der Waals surface area contributed by atoms with Crippen molar-refractivity contribution < 1.29 is 22.7 Å². The van der Waals surface area contributed by atoms with Crippen LogP contribution < -0.4 is 14.4 Å². The second-order valence-corrected chi connectivity index (χ2v) is 16.9. The van der Waals surface area contributed by atoms with Crippen molar-refractivity contribution in [1.82, 2.24) is 14.7 Å². The SMILES string of the molecule is CO[C@@]1(c2ncccn2)CCC[C@H](C)[C@@H](C)S(=O)(=O)NC(=O)c2ccc3c(c2)N(C[C@@H]2CC[C@H]21)C[C@@]1(CCCc2cc(Cl)ccc21)CO3.